The Morgan fingerprint density at radius 2 is 2.11 bits per heavy atom. The number of aromatic amines is 1. The Kier molecular flexibility index (Phi) is 4.68. The minimum Gasteiger partial charge on any atom is -0.378 e. The Morgan fingerprint density at radius 1 is 1.29 bits per heavy atom. The Labute approximate surface area is 158 Å². The number of ether oxygens (including phenoxy) is 1. The van der Waals surface area contributed by atoms with Gasteiger partial charge in [-0.2, -0.15) is 18.3 Å². The van der Waals surface area contributed by atoms with Gasteiger partial charge in [-0.05, 0) is 30.7 Å². The van der Waals surface area contributed by atoms with Crippen molar-refractivity contribution in [2.75, 3.05) is 25.1 Å². The van der Waals surface area contributed by atoms with Gasteiger partial charge in [0.05, 0.1) is 17.4 Å². The summed E-state index contributed by atoms with van der Waals surface area (Å²) in [6, 6.07) is 5.63. The fraction of sp³-hybridized carbons (Fsp3) is 0.389. The van der Waals surface area contributed by atoms with Crippen LogP contribution in [0.15, 0.2) is 30.5 Å². The van der Waals surface area contributed by atoms with E-state index in [1.54, 1.807) is 19.2 Å². The van der Waals surface area contributed by atoms with Crippen molar-refractivity contribution in [1.29, 1.82) is 0 Å². The number of piperidine rings is 1. The Morgan fingerprint density at radius 3 is 2.86 bits per heavy atom. The van der Waals surface area contributed by atoms with Gasteiger partial charge < -0.3 is 15.4 Å². The normalized spacial score (nSPS) is 20.7. The SMILES string of the molecule is CO[C@H]1CN(c2ccc(C(F)(F)F)c(-c3[nH]nc4ncccc34)n2)CC[C@H]1N. The van der Waals surface area contributed by atoms with Crippen LogP contribution in [0.2, 0.25) is 0 Å². The number of pyridine rings is 2. The van der Waals surface area contributed by atoms with Gasteiger partial charge in [0.25, 0.3) is 0 Å². The van der Waals surface area contributed by atoms with E-state index in [0.29, 0.717) is 36.4 Å². The van der Waals surface area contributed by atoms with E-state index < -0.39 is 11.7 Å². The van der Waals surface area contributed by atoms with Crippen LogP contribution in [0.3, 0.4) is 0 Å². The minimum atomic E-state index is -4.56. The predicted molar refractivity (Wildman–Crippen MR) is 97.7 cm³/mol. The lowest BCUT2D eigenvalue weighted by Crippen LogP contribution is -2.51. The molecule has 3 N–H and O–H groups in total. The topological polar surface area (TPSA) is 93.0 Å². The number of aromatic nitrogens is 4. The maximum atomic E-state index is 13.6. The molecular formula is C18H19F3N6O. The standard InChI is InChI=1S/C18H19F3N6O/c1-28-13-9-27(8-6-12(13)22)14-5-4-11(18(19,20)21)16(24-14)15-10-3-2-7-23-17(10)26-25-15/h2-5,7,12-13H,6,8-9,22H2,1H3,(H,23,25,26)/t12-,13+/m1/s1. The van der Waals surface area contributed by atoms with E-state index >= 15 is 0 Å². The number of rotatable bonds is 3. The van der Waals surface area contributed by atoms with Crippen molar-refractivity contribution in [2.45, 2.75) is 24.7 Å². The molecule has 4 rings (SSSR count). The predicted octanol–water partition coefficient (Wildman–Crippen LogP) is 2.59. The fourth-order valence-corrected chi connectivity index (χ4v) is 3.47. The summed E-state index contributed by atoms with van der Waals surface area (Å²) in [4.78, 5) is 10.3. The first-order valence-corrected chi connectivity index (χ1v) is 8.79. The number of halogens is 3. The van der Waals surface area contributed by atoms with Crippen molar-refractivity contribution >= 4 is 16.9 Å². The van der Waals surface area contributed by atoms with Crippen LogP contribution in [0, 0.1) is 0 Å². The van der Waals surface area contributed by atoms with Crippen molar-refractivity contribution in [3.05, 3.63) is 36.0 Å². The molecule has 0 spiro atoms. The highest BCUT2D eigenvalue weighted by Gasteiger charge is 2.36. The lowest BCUT2D eigenvalue weighted by atomic mass is 10.0. The smallest absolute Gasteiger partial charge is 0.378 e. The first kappa shape index (κ1) is 18.6. The third-order valence-electron chi connectivity index (χ3n) is 4.99. The number of nitrogens with zero attached hydrogens (tertiary/aromatic N) is 4. The third-order valence-corrected chi connectivity index (χ3v) is 4.99. The number of nitrogens with two attached hydrogens (primary N) is 1. The molecule has 28 heavy (non-hydrogen) atoms. The molecule has 1 saturated heterocycles. The molecule has 3 aromatic heterocycles. The monoisotopic (exact) mass is 392 g/mol. The Hall–Kier alpha value is -2.72. The average Bonchev–Trinajstić information content (AvgIpc) is 3.11. The summed E-state index contributed by atoms with van der Waals surface area (Å²) in [6.45, 7) is 1.05. The second-order valence-corrected chi connectivity index (χ2v) is 6.71. The molecule has 0 aromatic carbocycles. The highest BCUT2D eigenvalue weighted by atomic mass is 19.4. The number of methoxy groups -OCH3 is 1. The van der Waals surface area contributed by atoms with Crippen LogP contribution < -0.4 is 10.6 Å². The molecule has 10 heteroatoms. The first-order valence-electron chi connectivity index (χ1n) is 8.79. The molecule has 1 fully saturated rings. The van der Waals surface area contributed by atoms with Gasteiger partial charge >= 0.3 is 6.18 Å². The van der Waals surface area contributed by atoms with Crippen LogP contribution in [-0.4, -0.2) is 52.5 Å². The highest BCUT2D eigenvalue weighted by Crippen LogP contribution is 2.38. The second kappa shape index (κ2) is 7.02. The maximum Gasteiger partial charge on any atom is 0.418 e. The van der Waals surface area contributed by atoms with Crippen LogP contribution in [0.25, 0.3) is 22.4 Å². The van der Waals surface area contributed by atoms with E-state index in [4.69, 9.17) is 10.5 Å². The van der Waals surface area contributed by atoms with E-state index in [0.717, 1.165) is 6.07 Å². The lowest BCUT2D eigenvalue weighted by molar-refractivity contribution is -0.137. The van der Waals surface area contributed by atoms with Crippen LogP contribution >= 0.6 is 0 Å². The molecule has 0 radical (unpaired) electrons. The zero-order chi connectivity index (χ0) is 19.9. The first-order chi connectivity index (χ1) is 13.4. The van der Waals surface area contributed by atoms with Gasteiger partial charge in [0, 0.05) is 37.8 Å². The van der Waals surface area contributed by atoms with E-state index in [1.165, 1.54) is 12.3 Å². The largest absolute Gasteiger partial charge is 0.418 e. The van der Waals surface area contributed by atoms with Gasteiger partial charge in [-0.3, -0.25) is 5.10 Å². The van der Waals surface area contributed by atoms with E-state index in [2.05, 4.69) is 20.2 Å². The number of hydrogen-bond donors (Lipinski definition) is 2. The lowest BCUT2D eigenvalue weighted by Gasteiger charge is -2.36. The zero-order valence-corrected chi connectivity index (χ0v) is 15.1. The van der Waals surface area contributed by atoms with E-state index in [-0.39, 0.29) is 23.5 Å². The minimum absolute atomic E-state index is 0.113. The average molecular weight is 392 g/mol. The van der Waals surface area contributed by atoms with Gasteiger partial charge in [0.15, 0.2) is 5.65 Å². The van der Waals surface area contributed by atoms with Crippen molar-refractivity contribution in [3.63, 3.8) is 0 Å². The number of anilines is 1. The number of alkyl halides is 3. The van der Waals surface area contributed by atoms with Gasteiger partial charge in [-0.1, -0.05) is 0 Å². The van der Waals surface area contributed by atoms with Gasteiger partial charge in [-0.25, -0.2) is 9.97 Å². The molecule has 0 unspecified atom stereocenters. The van der Waals surface area contributed by atoms with Crippen molar-refractivity contribution in [3.8, 4) is 11.4 Å². The summed E-state index contributed by atoms with van der Waals surface area (Å²) in [5, 5.41) is 7.14. The number of hydrogen-bond acceptors (Lipinski definition) is 6. The maximum absolute atomic E-state index is 13.6. The molecule has 1 aliphatic rings. The molecule has 1 aliphatic heterocycles. The molecular weight excluding hydrogens is 373 g/mol. The molecule has 2 atom stereocenters. The van der Waals surface area contributed by atoms with Crippen LogP contribution in [0.5, 0.6) is 0 Å². The highest BCUT2D eigenvalue weighted by molar-refractivity contribution is 5.90. The molecule has 0 bridgehead atoms. The molecule has 7 nitrogen and oxygen atoms in total. The number of H-pyrrole nitrogens is 1. The third kappa shape index (κ3) is 3.29. The molecule has 3 aromatic rings. The summed E-state index contributed by atoms with van der Waals surface area (Å²) in [7, 11) is 1.57. The Bertz CT molecular complexity index is 989. The molecule has 4 heterocycles. The zero-order valence-electron chi connectivity index (χ0n) is 15.1. The van der Waals surface area contributed by atoms with E-state index in [9.17, 15) is 13.2 Å². The summed E-state index contributed by atoms with van der Waals surface area (Å²) in [5.41, 5.74) is 5.53. The van der Waals surface area contributed by atoms with Crippen LogP contribution in [0.4, 0.5) is 19.0 Å². The molecule has 0 aliphatic carbocycles. The number of fused-ring (bicyclic) bond motifs is 1. The second-order valence-electron chi connectivity index (χ2n) is 6.71. The van der Waals surface area contributed by atoms with Crippen molar-refractivity contribution < 1.29 is 17.9 Å². The van der Waals surface area contributed by atoms with Gasteiger partial charge in [-0.15, -0.1) is 0 Å². The quantitative estimate of drug-likeness (QED) is 0.712. The van der Waals surface area contributed by atoms with Gasteiger partial charge in [0.1, 0.15) is 11.5 Å². The van der Waals surface area contributed by atoms with Crippen LogP contribution in [0.1, 0.15) is 12.0 Å². The molecule has 0 amide bonds. The Balaban J connectivity index is 1.81. The van der Waals surface area contributed by atoms with Crippen molar-refractivity contribution in [1.82, 2.24) is 20.2 Å². The molecule has 0 saturated carbocycles. The molecule has 148 valence electrons. The summed E-state index contributed by atoms with van der Waals surface area (Å²) in [6.07, 6.45) is -2.57. The summed E-state index contributed by atoms with van der Waals surface area (Å²) >= 11 is 0. The van der Waals surface area contributed by atoms with Gasteiger partial charge in [0.2, 0.25) is 0 Å². The summed E-state index contributed by atoms with van der Waals surface area (Å²) < 4.78 is 46.3. The van der Waals surface area contributed by atoms with E-state index in [1.807, 2.05) is 4.90 Å². The number of nitrogens with one attached hydrogen (secondary N) is 1. The van der Waals surface area contributed by atoms with Crippen molar-refractivity contribution in [2.24, 2.45) is 5.73 Å². The summed E-state index contributed by atoms with van der Waals surface area (Å²) in [5.74, 6) is 0.434. The fourth-order valence-electron chi connectivity index (χ4n) is 3.47. The van der Waals surface area contributed by atoms with Crippen LogP contribution in [-0.2, 0) is 10.9 Å².